The zero-order chi connectivity index (χ0) is 20.0. The number of thiophene rings is 1. The number of rotatable bonds is 9. The Bertz CT molecular complexity index is 884. The monoisotopic (exact) mass is 400 g/mol. The second-order valence-electron chi connectivity index (χ2n) is 6.86. The summed E-state index contributed by atoms with van der Waals surface area (Å²) in [6.07, 6.45) is 3.40. The number of aromatic nitrogens is 1. The van der Waals surface area contributed by atoms with Crippen LogP contribution in [0.4, 0.5) is 0 Å². The number of hydrogen-bond acceptors (Lipinski definition) is 6. The minimum atomic E-state index is -1.01. The van der Waals surface area contributed by atoms with Crippen LogP contribution in [-0.4, -0.2) is 39.9 Å². The van der Waals surface area contributed by atoms with Crippen molar-refractivity contribution in [3.05, 3.63) is 64.4 Å². The highest BCUT2D eigenvalue weighted by Gasteiger charge is 2.29. The Hall–Kier alpha value is -2.48. The van der Waals surface area contributed by atoms with Crippen LogP contribution in [0, 0.1) is 0 Å². The molecule has 0 aliphatic heterocycles. The van der Waals surface area contributed by atoms with Gasteiger partial charge >= 0.3 is 0 Å². The number of carbonyl (C=O) groups excluding carboxylic acids is 1. The van der Waals surface area contributed by atoms with Gasteiger partial charge in [0.1, 0.15) is 12.0 Å². The van der Waals surface area contributed by atoms with E-state index < -0.39 is 5.54 Å². The number of aliphatic hydroxyl groups excluding tert-OH is 2. The van der Waals surface area contributed by atoms with Gasteiger partial charge in [0.25, 0.3) is 0 Å². The Morgan fingerprint density at radius 2 is 1.96 bits per heavy atom. The number of nitrogens with one attached hydrogen (secondary N) is 1. The molecule has 3 N–H and O–H groups in total. The minimum Gasteiger partial charge on any atom is -0.448 e. The van der Waals surface area contributed by atoms with Crippen LogP contribution in [0.5, 0.6) is 0 Å². The van der Waals surface area contributed by atoms with Crippen LogP contribution in [-0.2, 0) is 17.6 Å². The van der Waals surface area contributed by atoms with Crippen LogP contribution >= 0.6 is 11.3 Å². The van der Waals surface area contributed by atoms with Crippen LogP contribution in [0.2, 0.25) is 0 Å². The van der Waals surface area contributed by atoms with Crippen molar-refractivity contribution >= 4 is 17.2 Å². The summed E-state index contributed by atoms with van der Waals surface area (Å²) < 4.78 is 5.58. The molecule has 0 spiro atoms. The maximum atomic E-state index is 11.3. The normalized spacial score (nSPS) is 11.5. The van der Waals surface area contributed by atoms with E-state index in [1.54, 1.807) is 17.6 Å². The molecule has 0 atom stereocenters. The summed E-state index contributed by atoms with van der Waals surface area (Å²) in [6.45, 7) is 0.750. The van der Waals surface area contributed by atoms with Gasteiger partial charge in [-0.1, -0.05) is 30.3 Å². The second kappa shape index (κ2) is 9.14. The first-order chi connectivity index (χ1) is 13.5. The molecular weight excluding hydrogens is 376 g/mol. The lowest BCUT2D eigenvalue weighted by molar-refractivity contribution is -0.122. The third-order valence-corrected chi connectivity index (χ3v) is 5.52. The number of benzene rings is 1. The highest BCUT2D eigenvalue weighted by atomic mass is 32.1. The van der Waals surface area contributed by atoms with Crippen molar-refractivity contribution in [3.63, 3.8) is 0 Å². The van der Waals surface area contributed by atoms with Gasteiger partial charge in [-0.15, -0.1) is 11.3 Å². The molecule has 0 bridgehead atoms. The molecule has 2 heterocycles. The molecule has 1 amide bonds. The van der Waals surface area contributed by atoms with Crippen molar-refractivity contribution in [3.8, 4) is 11.3 Å². The topological polar surface area (TPSA) is 95.6 Å². The Morgan fingerprint density at radius 1 is 1.21 bits per heavy atom. The van der Waals surface area contributed by atoms with Gasteiger partial charge in [-0.2, -0.15) is 0 Å². The van der Waals surface area contributed by atoms with Gasteiger partial charge in [-0.05, 0) is 29.9 Å². The zero-order valence-corrected chi connectivity index (χ0v) is 16.5. The lowest BCUT2D eigenvalue weighted by atomic mass is 9.92. The number of oxazole rings is 1. The number of hydrogen-bond donors (Lipinski definition) is 3. The van der Waals surface area contributed by atoms with E-state index in [1.807, 2.05) is 35.7 Å². The molecule has 148 valence electrons. The van der Waals surface area contributed by atoms with E-state index in [0.717, 1.165) is 16.8 Å². The highest BCUT2D eigenvalue weighted by Crippen LogP contribution is 2.23. The van der Waals surface area contributed by atoms with Gasteiger partial charge in [0, 0.05) is 17.4 Å². The lowest BCUT2D eigenvalue weighted by Crippen LogP contribution is -2.53. The summed E-state index contributed by atoms with van der Waals surface area (Å²) in [5.74, 6) is 0.412. The fourth-order valence-electron chi connectivity index (χ4n) is 3.04. The van der Waals surface area contributed by atoms with E-state index in [2.05, 4.69) is 16.4 Å². The molecule has 0 radical (unpaired) electrons. The fourth-order valence-corrected chi connectivity index (χ4v) is 3.73. The highest BCUT2D eigenvalue weighted by molar-refractivity contribution is 7.09. The van der Waals surface area contributed by atoms with E-state index >= 15 is 0 Å². The Morgan fingerprint density at radius 3 is 2.57 bits per heavy atom. The molecule has 0 fully saturated rings. The number of aliphatic hydroxyl groups is 2. The Labute approximate surface area is 167 Å². The first-order valence-electron chi connectivity index (χ1n) is 9.10. The van der Waals surface area contributed by atoms with Crippen LogP contribution in [0.1, 0.15) is 29.7 Å². The van der Waals surface area contributed by atoms with E-state index in [0.29, 0.717) is 25.2 Å². The SMILES string of the molecule is CC(=O)NC(CO)(CO)CCc1ccc(-c2coc(Cc3cccs3)n2)cc1. The summed E-state index contributed by atoms with van der Waals surface area (Å²) in [4.78, 5) is 17.1. The molecule has 28 heavy (non-hydrogen) atoms. The van der Waals surface area contributed by atoms with Crippen LogP contribution in [0.3, 0.4) is 0 Å². The minimum absolute atomic E-state index is 0.275. The first kappa shape index (κ1) is 20.3. The fraction of sp³-hybridized carbons (Fsp3) is 0.333. The maximum Gasteiger partial charge on any atom is 0.217 e. The summed E-state index contributed by atoms with van der Waals surface area (Å²) in [5.41, 5.74) is 1.79. The largest absolute Gasteiger partial charge is 0.448 e. The van der Waals surface area contributed by atoms with Crippen LogP contribution in [0.15, 0.2) is 52.5 Å². The molecular formula is C21H24N2O4S. The average Bonchev–Trinajstić information content (AvgIpc) is 3.38. The quantitative estimate of drug-likeness (QED) is 0.513. The van der Waals surface area contributed by atoms with Crippen molar-refractivity contribution in [2.24, 2.45) is 0 Å². The number of nitrogens with zero attached hydrogens (tertiary/aromatic N) is 1. The summed E-state index contributed by atoms with van der Waals surface area (Å²) >= 11 is 1.68. The first-order valence-corrected chi connectivity index (χ1v) is 9.98. The molecule has 2 aromatic heterocycles. The maximum absolute atomic E-state index is 11.3. The Balaban J connectivity index is 1.63. The van der Waals surface area contributed by atoms with Crippen molar-refractivity contribution in [2.75, 3.05) is 13.2 Å². The average molecular weight is 401 g/mol. The van der Waals surface area contributed by atoms with Gasteiger partial charge < -0.3 is 19.9 Å². The molecule has 1 aromatic carbocycles. The lowest BCUT2D eigenvalue weighted by Gasteiger charge is -2.30. The molecule has 0 unspecified atom stereocenters. The number of amides is 1. The molecule has 3 aromatic rings. The summed E-state index contributed by atoms with van der Waals surface area (Å²) in [5, 5.41) is 23.9. The molecule has 0 saturated heterocycles. The molecule has 0 aliphatic rings. The smallest absolute Gasteiger partial charge is 0.217 e. The second-order valence-corrected chi connectivity index (χ2v) is 7.89. The number of aryl methyl sites for hydroxylation is 1. The van der Waals surface area contributed by atoms with E-state index in [4.69, 9.17) is 4.42 Å². The molecule has 0 aliphatic carbocycles. The van der Waals surface area contributed by atoms with Gasteiger partial charge in [0.15, 0.2) is 5.89 Å². The van der Waals surface area contributed by atoms with Crippen molar-refractivity contribution < 1.29 is 19.4 Å². The number of carbonyl (C=O) groups is 1. The third-order valence-electron chi connectivity index (χ3n) is 4.65. The van der Waals surface area contributed by atoms with Crippen molar-refractivity contribution in [1.82, 2.24) is 10.3 Å². The zero-order valence-electron chi connectivity index (χ0n) is 15.7. The molecule has 3 rings (SSSR count). The third kappa shape index (κ3) is 5.07. The molecule has 0 saturated carbocycles. The standard InChI is InChI=1S/C21H24N2O4S/c1-15(26)23-21(13-24,14-25)9-8-16-4-6-17(7-5-16)19-12-27-20(22-19)11-18-3-2-10-28-18/h2-7,10,12,24-25H,8-9,11,13-14H2,1H3,(H,23,26). The predicted octanol–water partition coefficient (Wildman–Crippen LogP) is 2.79. The van der Waals surface area contributed by atoms with E-state index in [-0.39, 0.29) is 19.1 Å². The van der Waals surface area contributed by atoms with Gasteiger partial charge in [-0.3, -0.25) is 4.79 Å². The predicted molar refractivity (Wildman–Crippen MR) is 108 cm³/mol. The summed E-state index contributed by atoms with van der Waals surface area (Å²) in [6, 6.07) is 12.0. The molecule has 6 nitrogen and oxygen atoms in total. The van der Waals surface area contributed by atoms with Gasteiger partial charge in [0.2, 0.25) is 5.91 Å². The Kier molecular flexibility index (Phi) is 6.61. The van der Waals surface area contributed by atoms with Gasteiger partial charge in [-0.25, -0.2) is 4.98 Å². The molecule has 7 heteroatoms. The van der Waals surface area contributed by atoms with Crippen LogP contribution < -0.4 is 5.32 Å². The van der Waals surface area contributed by atoms with E-state index in [1.165, 1.54) is 11.8 Å². The van der Waals surface area contributed by atoms with Crippen molar-refractivity contribution in [2.45, 2.75) is 31.7 Å². The van der Waals surface area contributed by atoms with Gasteiger partial charge in [0.05, 0.1) is 25.2 Å². The van der Waals surface area contributed by atoms with Crippen LogP contribution in [0.25, 0.3) is 11.3 Å². The summed E-state index contributed by atoms with van der Waals surface area (Å²) in [7, 11) is 0. The van der Waals surface area contributed by atoms with Crippen molar-refractivity contribution in [1.29, 1.82) is 0 Å². The van der Waals surface area contributed by atoms with E-state index in [9.17, 15) is 15.0 Å².